The molecule has 1 N–H and O–H groups in total. The number of halogens is 2. The molecule has 0 heterocycles. The average molecular weight is 188 g/mol. The van der Waals surface area contributed by atoms with Crippen molar-refractivity contribution in [3.8, 4) is 5.75 Å². The molecule has 0 fully saturated rings. The molecule has 0 spiro atoms. The Morgan fingerprint density at radius 2 is 2.08 bits per heavy atom. The fourth-order valence-electron chi connectivity index (χ4n) is 0.969. The molecule has 1 rings (SSSR count). The summed E-state index contributed by atoms with van der Waals surface area (Å²) in [4.78, 5) is 0. The molecule has 0 saturated heterocycles. The van der Waals surface area contributed by atoms with Gasteiger partial charge in [-0.3, -0.25) is 0 Å². The predicted molar refractivity (Wildman–Crippen MR) is 43.4 cm³/mol. The first-order valence-electron chi connectivity index (χ1n) is 3.90. The number of hydrogen-bond donors (Lipinski definition) is 1. The second-order valence-electron chi connectivity index (χ2n) is 2.48. The van der Waals surface area contributed by atoms with Gasteiger partial charge in [0.05, 0.1) is 13.2 Å². The minimum absolute atomic E-state index is 0.161. The quantitative estimate of drug-likeness (QED) is 0.784. The van der Waals surface area contributed by atoms with Crippen LogP contribution in [0, 0.1) is 11.6 Å². The van der Waals surface area contributed by atoms with Crippen LogP contribution in [0.2, 0.25) is 0 Å². The van der Waals surface area contributed by atoms with E-state index in [4.69, 9.17) is 9.84 Å². The molecule has 0 aliphatic heterocycles. The van der Waals surface area contributed by atoms with E-state index in [-0.39, 0.29) is 19.0 Å². The third-order valence-electron chi connectivity index (χ3n) is 1.54. The maximum atomic E-state index is 12.9. The van der Waals surface area contributed by atoms with E-state index in [0.29, 0.717) is 5.56 Å². The lowest BCUT2D eigenvalue weighted by Gasteiger charge is -2.06. The first kappa shape index (κ1) is 9.92. The fourth-order valence-corrected chi connectivity index (χ4v) is 0.969. The lowest BCUT2D eigenvalue weighted by molar-refractivity contribution is 0.276. The Kier molecular flexibility index (Phi) is 3.19. The normalized spacial score (nSPS) is 10.2. The van der Waals surface area contributed by atoms with Gasteiger partial charge in [-0.25, -0.2) is 4.39 Å². The zero-order valence-corrected chi connectivity index (χ0v) is 7.18. The smallest absolute Gasteiger partial charge is 0.200 e. The number of benzene rings is 1. The maximum Gasteiger partial charge on any atom is 0.200 e. The summed E-state index contributed by atoms with van der Waals surface area (Å²) >= 11 is 0. The minimum atomic E-state index is -1.01. The summed E-state index contributed by atoms with van der Waals surface area (Å²) in [5, 5.41) is 8.70. The van der Waals surface area contributed by atoms with E-state index in [9.17, 15) is 8.78 Å². The van der Waals surface area contributed by atoms with Gasteiger partial charge in [-0.2, -0.15) is 4.39 Å². The molecule has 0 bridgehead atoms. The molecule has 2 nitrogen and oxygen atoms in total. The SMILES string of the molecule is CCOc1cc(CO)cc(F)c1F. The molecule has 1 aromatic rings. The molecule has 0 aliphatic carbocycles. The second-order valence-corrected chi connectivity index (χ2v) is 2.48. The van der Waals surface area contributed by atoms with E-state index in [2.05, 4.69) is 0 Å². The van der Waals surface area contributed by atoms with E-state index in [1.54, 1.807) is 6.92 Å². The van der Waals surface area contributed by atoms with E-state index in [1.807, 2.05) is 0 Å². The first-order chi connectivity index (χ1) is 6.19. The van der Waals surface area contributed by atoms with E-state index < -0.39 is 11.6 Å². The van der Waals surface area contributed by atoms with Crippen molar-refractivity contribution in [2.75, 3.05) is 6.61 Å². The summed E-state index contributed by atoms with van der Waals surface area (Å²) in [6, 6.07) is 2.22. The topological polar surface area (TPSA) is 29.5 Å². The van der Waals surface area contributed by atoms with E-state index in [0.717, 1.165) is 6.07 Å². The summed E-state index contributed by atoms with van der Waals surface area (Å²) in [7, 11) is 0. The van der Waals surface area contributed by atoms with Crippen LogP contribution in [0.5, 0.6) is 5.75 Å². The fraction of sp³-hybridized carbons (Fsp3) is 0.333. The van der Waals surface area contributed by atoms with Gasteiger partial charge in [-0.1, -0.05) is 0 Å². The summed E-state index contributed by atoms with van der Waals surface area (Å²) in [5.74, 6) is -2.18. The standard InChI is InChI=1S/C9H10F2O2/c1-2-13-8-4-6(5-12)3-7(10)9(8)11/h3-4,12H,2,5H2,1H3. The number of ether oxygens (including phenoxy) is 1. The molecule has 0 aliphatic rings. The van der Waals surface area contributed by atoms with Gasteiger partial charge in [0.15, 0.2) is 11.6 Å². The summed E-state index contributed by atoms with van der Waals surface area (Å²) in [6.07, 6.45) is 0. The molecule has 72 valence electrons. The highest BCUT2D eigenvalue weighted by Gasteiger charge is 2.10. The Bertz CT molecular complexity index is 300. The maximum absolute atomic E-state index is 12.9. The molecule has 0 saturated carbocycles. The highest BCUT2D eigenvalue weighted by atomic mass is 19.2. The molecule has 13 heavy (non-hydrogen) atoms. The van der Waals surface area contributed by atoms with Crippen molar-refractivity contribution in [1.82, 2.24) is 0 Å². The van der Waals surface area contributed by atoms with Crippen LogP contribution < -0.4 is 4.74 Å². The molecule has 0 unspecified atom stereocenters. The van der Waals surface area contributed by atoms with Crippen LogP contribution in [0.4, 0.5) is 8.78 Å². The van der Waals surface area contributed by atoms with Crippen LogP contribution in [0.15, 0.2) is 12.1 Å². The van der Waals surface area contributed by atoms with Crippen LogP contribution in [-0.4, -0.2) is 11.7 Å². The zero-order valence-electron chi connectivity index (χ0n) is 7.18. The summed E-state index contributed by atoms with van der Waals surface area (Å²) in [6.45, 7) is 1.59. The van der Waals surface area contributed by atoms with Crippen LogP contribution in [-0.2, 0) is 6.61 Å². The predicted octanol–water partition coefficient (Wildman–Crippen LogP) is 1.86. The molecule has 4 heteroatoms. The van der Waals surface area contributed by atoms with Gasteiger partial charge < -0.3 is 9.84 Å². The average Bonchev–Trinajstić information content (AvgIpc) is 2.13. The van der Waals surface area contributed by atoms with Gasteiger partial charge in [0.2, 0.25) is 5.82 Å². The third-order valence-corrected chi connectivity index (χ3v) is 1.54. The van der Waals surface area contributed by atoms with Crippen molar-refractivity contribution in [3.05, 3.63) is 29.3 Å². The number of aliphatic hydroxyl groups excluding tert-OH is 1. The van der Waals surface area contributed by atoms with Crippen molar-refractivity contribution in [1.29, 1.82) is 0 Å². The van der Waals surface area contributed by atoms with Crippen molar-refractivity contribution < 1.29 is 18.6 Å². The summed E-state index contributed by atoms with van der Waals surface area (Å²) in [5.41, 5.74) is 0.294. The Morgan fingerprint density at radius 1 is 1.38 bits per heavy atom. The number of rotatable bonds is 3. The van der Waals surface area contributed by atoms with Crippen LogP contribution in [0.1, 0.15) is 12.5 Å². The molecule has 0 atom stereocenters. The van der Waals surface area contributed by atoms with Gasteiger partial charge in [-0.15, -0.1) is 0 Å². The Hall–Kier alpha value is -1.16. The molecular weight excluding hydrogens is 178 g/mol. The van der Waals surface area contributed by atoms with Gasteiger partial charge in [0.25, 0.3) is 0 Å². The largest absolute Gasteiger partial charge is 0.491 e. The van der Waals surface area contributed by atoms with Crippen molar-refractivity contribution in [2.24, 2.45) is 0 Å². The van der Waals surface area contributed by atoms with Crippen molar-refractivity contribution in [2.45, 2.75) is 13.5 Å². The van der Waals surface area contributed by atoms with Crippen molar-refractivity contribution in [3.63, 3.8) is 0 Å². The third kappa shape index (κ3) is 2.15. The molecule has 0 radical (unpaired) electrons. The Balaban J connectivity index is 3.09. The number of hydrogen-bond acceptors (Lipinski definition) is 2. The molecule has 0 aromatic heterocycles. The minimum Gasteiger partial charge on any atom is -0.491 e. The highest BCUT2D eigenvalue weighted by molar-refractivity contribution is 5.31. The van der Waals surface area contributed by atoms with Crippen molar-refractivity contribution >= 4 is 0 Å². The van der Waals surface area contributed by atoms with Gasteiger partial charge in [0, 0.05) is 0 Å². The van der Waals surface area contributed by atoms with Gasteiger partial charge in [-0.05, 0) is 24.6 Å². The monoisotopic (exact) mass is 188 g/mol. The first-order valence-corrected chi connectivity index (χ1v) is 3.90. The molecular formula is C9H10F2O2. The zero-order chi connectivity index (χ0) is 9.84. The molecule has 0 amide bonds. The Labute approximate surface area is 74.8 Å². The lowest BCUT2D eigenvalue weighted by atomic mass is 10.2. The van der Waals surface area contributed by atoms with Crippen LogP contribution in [0.25, 0.3) is 0 Å². The van der Waals surface area contributed by atoms with E-state index >= 15 is 0 Å². The lowest BCUT2D eigenvalue weighted by Crippen LogP contribution is -1.99. The van der Waals surface area contributed by atoms with Crippen LogP contribution >= 0.6 is 0 Å². The van der Waals surface area contributed by atoms with E-state index in [1.165, 1.54) is 6.07 Å². The van der Waals surface area contributed by atoms with Gasteiger partial charge >= 0.3 is 0 Å². The van der Waals surface area contributed by atoms with Gasteiger partial charge in [0.1, 0.15) is 0 Å². The number of aliphatic hydroxyl groups is 1. The summed E-state index contributed by atoms with van der Waals surface area (Å²) < 4.78 is 30.5. The molecule has 1 aromatic carbocycles. The Morgan fingerprint density at radius 3 is 2.62 bits per heavy atom. The second kappa shape index (κ2) is 4.18. The van der Waals surface area contributed by atoms with Crippen LogP contribution in [0.3, 0.4) is 0 Å². The highest BCUT2D eigenvalue weighted by Crippen LogP contribution is 2.22.